The zero-order valence-corrected chi connectivity index (χ0v) is 17.3. The summed E-state index contributed by atoms with van der Waals surface area (Å²) < 4.78 is 54.5. The molecule has 0 bridgehead atoms. The van der Waals surface area contributed by atoms with Crippen molar-refractivity contribution in [1.29, 1.82) is 0 Å². The lowest BCUT2D eigenvalue weighted by molar-refractivity contribution is 0.600. The third-order valence-electron chi connectivity index (χ3n) is 3.67. The summed E-state index contributed by atoms with van der Waals surface area (Å²) >= 11 is 11.9. The van der Waals surface area contributed by atoms with E-state index in [9.17, 15) is 16.8 Å². The molecule has 0 atom stereocenters. The van der Waals surface area contributed by atoms with Crippen molar-refractivity contribution >= 4 is 54.6 Å². The van der Waals surface area contributed by atoms with Crippen LogP contribution in [0.4, 0.5) is 11.4 Å². The second-order valence-electron chi connectivity index (χ2n) is 5.65. The Balaban J connectivity index is 1.81. The van der Waals surface area contributed by atoms with Crippen molar-refractivity contribution in [3.8, 4) is 0 Å². The second-order valence-corrected chi connectivity index (χ2v) is 9.80. The van der Waals surface area contributed by atoms with Crippen LogP contribution >= 0.6 is 23.2 Å². The molecule has 3 aromatic rings. The Kier molecular flexibility index (Phi) is 5.85. The normalized spacial score (nSPS) is 11.8. The van der Waals surface area contributed by atoms with Gasteiger partial charge in [0.15, 0.2) is 0 Å². The first-order chi connectivity index (χ1) is 13.2. The van der Waals surface area contributed by atoms with E-state index in [0.717, 1.165) is 0 Å². The van der Waals surface area contributed by atoms with Gasteiger partial charge in [0.05, 0.1) is 25.5 Å². The summed E-state index contributed by atoms with van der Waals surface area (Å²) in [4.78, 5) is 0.0372. The van der Waals surface area contributed by atoms with Crippen molar-refractivity contribution in [2.75, 3.05) is 9.44 Å². The van der Waals surface area contributed by atoms with Gasteiger partial charge in [0.1, 0.15) is 0 Å². The van der Waals surface area contributed by atoms with Crippen molar-refractivity contribution in [2.45, 2.75) is 9.79 Å². The summed E-state index contributed by atoms with van der Waals surface area (Å²) in [5, 5.41) is 0.299. The summed E-state index contributed by atoms with van der Waals surface area (Å²) in [6.07, 6.45) is 0. The number of nitrogens with one attached hydrogen (secondary N) is 2. The molecule has 2 N–H and O–H groups in total. The first-order valence-electron chi connectivity index (χ1n) is 7.84. The minimum absolute atomic E-state index is 0.0637. The fourth-order valence-corrected chi connectivity index (χ4v) is 4.86. The summed E-state index contributed by atoms with van der Waals surface area (Å²) in [6, 6.07) is 17.7. The third kappa shape index (κ3) is 4.59. The molecule has 28 heavy (non-hydrogen) atoms. The molecule has 0 unspecified atom stereocenters. The maximum absolute atomic E-state index is 12.5. The molecule has 0 aromatic heterocycles. The molecule has 3 rings (SSSR count). The Hall–Kier alpha value is -2.26. The highest BCUT2D eigenvalue weighted by molar-refractivity contribution is 7.93. The molecule has 6 nitrogen and oxygen atoms in total. The van der Waals surface area contributed by atoms with Crippen LogP contribution in [0.5, 0.6) is 0 Å². The standard InChI is InChI=1S/C18H14Cl2N2O4S2/c19-16-7-4-8-17(18(16)20)22-28(25,26)15-11-9-13(10-12-15)21-27(23,24)14-5-2-1-3-6-14/h1-12,21-22H. The zero-order chi connectivity index (χ0) is 20.4. The van der Waals surface area contributed by atoms with Gasteiger partial charge >= 0.3 is 0 Å². The molecule has 0 heterocycles. The fourth-order valence-electron chi connectivity index (χ4n) is 2.30. The molecule has 0 saturated carbocycles. The average molecular weight is 457 g/mol. The van der Waals surface area contributed by atoms with E-state index in [1.807, 2.05) is 0 Å². The van der Waals surface area contributed by atoms with Crippen LogP contribution in [0.15, 0.2) is 82.6 Å². The van der Waals surface area contributed by atoms with Crippen molar-refractivity contribution < 1.29 is 16.8 Å². The van der Waals surface area contributed by atoms with Gasteiger partial charge in [-0.3, -0.25) is 9.44 Å². The highest BCUT2D eigenvalue weighted by Crippen LogP contribution is 2.31. The van der Waals surface area contributed by atoms with Crippen molar-refractivity contribution in [2.24, 2.45) is 0 Å². The summed E-state index contributed by atoms with van der Waals surface area (Å²) in [7, 11) is -7.70. The van der Waals surface area contributed by atoms with Crippen LogP contribution in [0.2, 0.25) is 10.0 Å². The summed E-state index contributed by atoms with van der Waals surface area (Å²) in [5.41, 5.74) is 0.367. The molecule has 0 aliphatic carbocycles. The Morgan fingerprint density at radius 1 is 0.607 bits per heavy atom. The fraction of sp³-hybridized carbons (Fsp3) is 0. The lowest BCUT2D eigenvalue weighted by Gasteiger charge is -2.12. The Labute approximate surface area is 173 Å². The van der Waals surface area contributed by atoms with Gasteiger partial charge in [0, 0.05) is 5.69 Å². The van der Waals surface area contributed by atoms with E-state index in [4.69, 9.17) is 23.2 Å². The Morgan fingerprint density at radius 3 is 1.82 bits per heavy atom. The Bertz CT molecular complexity index is 1200. The van der Waals surface area contributed by atoms with E-state index in [1.54, 1.807) is 24.3 Å². The minimum Gasteiger partial charge on any atom is -0.280 e. The molecular weight excluding hydrogens is 443 g/mol. The van der Waals surface area contributed by atoms with Gasteiger partial charge < -0.3 is 0 Å². The monoisotopic (exact) mass is 456 g/mol. The molecule has 0 spiro atoms. The van der Waals surface area contributed by atoms with E-state index in [0.29, 0.717) is 0 Å². The van der Waals surface area contributed by atoms with Crippen LogP contribution in [0.25, 0.3) is 0 Å². The third-order valence-corrected chi connectivity index (χ3v) is 7.26. The molecular formula is C18H14Cl2N2O4S2. The number of halogens is 2. The Morgan fingerprint density at radius 2 is 1.18 bits per heavy atom. The predicted octanol–water partition coefficient (Wildman–Crippen LogP) is 4.60. The van der Waals surface area contributed by atoms with Crippen molar-refractivity contribution in [3.05, 3.63) is 82.8 Å². The van der Waals surface area contributed by atoms with E-state index in [2.05, 4.69) is 9.44 Å². The van der Waals surface area contributed by atoms with Crippen LogP contribution in [0, 0.1) is 0 Å². The van der Waals surface area contributed by atoms with E-state index < -0.39 is 20.0 Å². The maximum atomic E-state index is 12.5. The van der Waals surface area contributed by atoms with Crippen LogP contribution in [-0.4, -0.2) is 16.8 Å². The number of sulfonamides is 2. The summed E-state index contributed by atoms with van der Waals surface area (Å²) in [5.74, 6) is 0. The van der Waals surface area contributed by atoms with E-state index in [-0.39, 0.29) is 31.2 Å². The number of hydrogen-bond acceptors (Lipinski definition) is 4. The van der Waals surface area contributed by atoms with Gasteiger partial charge in [-0.15, -0.1) is 0 Å². The SMILES string of the molecule is O=S(=O)(Nc1ccc(S(=O)(=O)Nc2cccc(Cl)c2Cl)cc1)c1ccccc1. The smallest absolute Gasteiger partial charge is 0.261 e. The van der Waals surface area contributed by atoms with Crippen molar-refractivity contribution in [3.63, 3.8) is 0 Å². The van der Waals surface area contributed by atoms with Gasteiger partial charge in [-0.25, -0.2) is 16.8 Å². The van der Waals surface area contributed by atoms with Crippen molar-refractivity contribution in [1.82, 2.24) is 0 Å². The van der Waals surface area contributed by atoms with Gasteiger partial charge in [0.2, 0.25) is 0 Å². The number of hydrogen-bond donors (Lipinski definition) is 2. The van der Waals surface area contributed by atoms with Crippen LogP contribution in [0.1, 0.15) is 0 Å². The predicted molar refractivity (Wildman–Crippen MR) is 111 cm³/mol. The number of rotatable bonds is 6. The highest BCUT2D eigenvalue weighted by Gasteiger charge is 2.18. The first kappa shape index (κ1) is 20.5. The molecule has 0 saturated heterocycles. The molecule has 0 aliphatic heterocycles. The van der Waals surface area contributed by atoms with Crippen LogP contribution < -0.4 is 9.44 Å². The molecule has 10 heteroatoms. The molecule has 0 amide bonds. The van der Waals surface area contributed by atoms with E-state index in [1.165, 1.54) is 48.5 Å². The molecule has 146 valence electrons. The van der Waals surface area contributed by atoms with E-state index >= 15 is 0 Å². The van der Waals surface area contributed by atoms with Crippen LogP contribution in [-0.2, 0) is 20.0 Å². The largest absolute Gasteiger partial charge is 0.280 e. The van der Waals surface area contributed by atoms with Gasteiger partial charge in [-0.1, -0.05) is 47.5 Å². The lowest BCUT2D eigenvalue weighted by atomic mass is 10.3. The average Bonchev–Trinajstić information content (AvgIpc) is 2.66. The summed E-state index contributed by atoms with van der Waals surface area (Å²) in [6.45, 7) is 0. The maximum Gasteiger partial charge on any atom is 0.261 e. The quantitative estimate of drug-likeness (QED) is 0.566. The molecule has 0 radical (unpaired) electrons. The number of anilines is 2. The van der Waals surface area contributed by atoms with Gasteiger partial charge in [-0.2, -0.15) is 0 Å². The molecule has 3 aromatic carbocycles. The zero-order valence-electron chi connectivity index (χ0n) is 14.1. The topological polar surface area (TPSA) is 92.3 Å². The van der Waals surface area contributed by atoms with Gasteiger partial charge in [-0.05, 0) is 48.5 Å². The highest BCUT2D eigenvalue weighted by atomic mass is 35.5. The molecule has 0 fully saturated rings. The first-order valence-corrected chi connectivity index (χ1v) is 11.6. The molecule has 0 aliphatic rings. The van der Waals surface area contributed by atoms with Gasteiger partial charge in [0.25, 0.3) is 20.0 Å². The lowest BCUT2D eigenvalue weighted by Crippen LogP contribution is -2.14. The van der Waals surface area contributed by atoms with Crippen LogP contribution in [0.3, 0.4) is 0 Å². The number of benzene rings is 3. The minimum atomic E-state index is -3.94. The second kappa shape index (κ2) is 8.00.